The lowest BCUT2D eigenvalue weighted by Crippen LogP contribution is -2.32. The Balaban J connectivity index is 0.000000185. The Morgan fingerprint density at radius 1 is 1.47 bits per heavy atom. The summed E-state index contributed by atoms with van der Waals surface area (Å²) in [5.41, 5.74) is 0.464. The standard InChI is InChI=1S/C5H4N4O.C2HF3O2/c10-5-3-1-8-9-4(3)6-2-7-5;3-2(4,5)1(6)7/h1H,2H2,(H,7,10);(H,6,7). The van der Waals surface area contributed by atoms with Crippen molar-refractivity contribution in [1.29, 1.82) is 0 Å². The molecule has 1 amide bonds. The molecule has 7 nitrogen and oxygen atoms in total. The van der Waals surface area contributed by atoms with Crippen LogP contribution in [0.2, 0.25) is 0 Å². The smallest absolute Gasteiger partial charge is 0.475 e. The van der Waals surface area contributed by atoms with Gasteiger partial charge in [-0.15, -0.1) is 5.11 Å². The van der Waals surface area contributed by atoms with E-state index in [1.54, 1.807) is 0 Å². The Morgan fingerprint density at radius 3 is 2.53 bits per heavy atom. The van der Waals surface area contributed by atoms with Crippen LogP contribution in [0.1, 0.15) is 0 Å². The lowest BCUT2D eigenvalue weighted by atomic mass is 10.2. The van der Waals surface area contributed by atoms with E-state index in [0.717, 1.165) is 0 Å². The molecule has 0 unspecified atom stereocenters. The van der Waals surface area contributed by atoms with Crippen molar-refractivity contribution < 1.29 is 27.9 Å². The molecule has 0 atom stereocenters. The highest BCUT2D eigenvalue weighted by Crippen LogP contribution is 2.13. The number of nitrogens with one attached hydrogen (secondary N) is 1. The summed E-state index contributed by atoms with van der Waals surface area (Å²) in [7, 11) is 0. The third kappa shape index (κ3) is 3.36. The Kier molecular flexibility index (Phi) is 3.55. The monoisotopic (exact) mass is 250 g/mol. The van der Waals surface area contributed by atoms with Crippen LogP contribution in [0.5, 0.6) is 0 Å². The van der Waals surface area contributed by atoms with Crippen molar-refractivity contribution in [2.24, 2.45) is 15.2 Å². The minimum atomic E-state index is -5.08. The summed E-state index contributed by atoms with van der Waals surface area (Å²) in [6.45, 7) is 0.310. The van der Waals surface area contributed by atoms with Crippen LogP contribution >= 0.6 is 0 Å². The molecule has 0 bridgehead atoms. The van der Waals surface area contributed by atoms with Gasteiger partial charge in [0.2, 0.25) is 0 Å². The molecular weight excluding hydrogens is 245 g/mol. The highest BCUT2D eigenvalue weighted by Gasteiger charge is 2.38. The predicted octanol–water partition coefficient (Wildman–Crippen LogP) is 0.455. The van der Waals surface area contributed by atoms with Gasteiger partial charge >= 0.3 is 12.1 Å². The molecule has 0 saturated carbocycles. The number of azo groups is 1. The number of carbonyl (C=O) groups is 2. The molecule has 0 radical (unpaired) electrons. The van der Waals surface area contributed by atoms with Gasteiger partial charge in [-0.05, 0) is 0 Å². The maximum absolute atomic E-state index is 10.9. The average Bonchev–Trinajstić information content (AvgIpc) is 2.66. The van der Waals surface area contributed by atoms with Gasteiger partial charge in [-0.25, -0.2) is 9.79 Å². The van der Waals surface area contributed by atoms with E-state index in [1.165, 1.54) is 6.20 Å². The summed E-state index contributed by atoms with van der Waals surface area (Å²) < 4.78 is 31.7. The molecule has 10 heteroatoms. The fraction of sp³-hybridized carbons (Fsp3) is 0.286. The Hall–Kier alpha value is -2.26. The zero-order valence-corrected chi connectivity index (χ0v) is 8.02. The minimum absolute atomic E-state index is 0.144. The van der Waals surface area contributed by atoms with E-state index in [9.17, 15) is 18.0 Å². The van der Waals surface area contributed by atoms with E-state index < -0.39 is 12.1 Å². The van der Waals surface area contributed by atoms with Crippen LogP contribution < -0.4 is 5.32 Å². The first kappa shape index (κ1) is 12.8. The summed E-state index contributed by atoms with van der Waals surface area (Å²) >= 11 is 0. The third-order valence-electron chi connectivity index (χ3n) is 1.54. The van der Waals surface area contributed by atoms with Gasteiger partial charge in [0.25, 0.3) is 5.91 Å². The van der Waals surface area contributed by atoms with E-state index in [0.29, 0.717) is 18.1 Å². The molecule has 2 rings (SSSR count). The third-order valence-corrected chi connectivity index (χ3v) is 1.54. The van der Waals surface area contributed by atoms with Crippen LogP contribution in [0.4, 0.5) is 13.2 Å². The second kappa shape index (κ2) is 4.72. The van der Waals surface area contributed by atoms with Crippen LogP contribution in [0, 0.1) is 0 Å². The zero-order valence-electron chi connectivity index (χ0n) is 8.02. The van der Waals surface area contributed by atoms with E-state index >= 15 is 0 Å². The molecule has 2 N–H and O–H groups in total. The summed E-state index contributed by atoms with van der Waals surface area (Å²) in [6.07, 6.45) is -3.67. The number of amidine groups is 1. The fourth-order valence-corrected chi connectivity index (χ4v) is 0.811. The minimum Gasteiger partial charge on any atom is -0.475 e. The van der Waals surface area contributed by atoms with E-state index in [4.69, 9.17) is 9.90 Å². The number of fused-ring (bicyclic) bond motifs is 1. The first-order valence-electron chi connectivity index (χ1n) is 4.06. The van der Waals surface area contributed by atoms with Crippen molar-refractivity contribution >= 4 is 17.7 Å². The summed E-state index contributed by atoms with van der Waals surface area (Å²) in [6, 6.07) is 0. The Bertz CT molecular complexity index is 438. The highest BCUT2D eigenvalue weighted by molar-refractivity contribution is 6.22. The van der Waals surface area contributed by atoms with Gasteiger partial charge in [0, 0.05) is 0 Å². The zero-order chi connectivity index (χ0) is 13.1. The van der Waals surface area contributed by atoms with Gasteiger partial charge in [-0.2, -0.15) is 18.3 Å². The summed E-state index contributed by atoms with van der Waals surface area (Å²) in [4.78, 5) is 23.7. The number of hydrogen-bond donors (Lipinski definition) is 2. The number of nitrogens with zero attached hydrogens (tertiary/aromatic N) is 3. The first-order chi connectivity index (χ1) is 7.82. The molecule has 0 aliphatic carbocycles. The lowest BCUT2D eigenvalue weighted by molar-refractivity contribution is -0.192. The second-order valence-corrected chi connectivity index (χ2v) is 2.71. The van der Waals surface area contributed by atoms with Crippen molar-refractivity contribution in [2.75, 3.05) is 6.67 Å². The number of carbonyl (C=O) groups excluding carboxylic acids is 1. The van der Waals surface area contributed by atoms with Gasteiger partial charge in [0.1, 0.15) is 12.2 Å². The molecule has 0 aromatic rings. The quantitative estimate of drug-likeness (QED) is 0.652. The number of amides is 1. The van der Waals surface area contributed by atoms with Gasteiger partial charge in [0.05, 0.1) is 6.20 Å². The number of rotatable bonds is 0. The van der Waals surface area contributed by atoms with Crippen LogP contribution in [0.25, 0.3) is 0 Å². The molecule has 2 aliphatic rings. The maximum Gasteiger partial charge on any atom is 0.490 e. The van der Waals surface area contributed by atoms with E-state index in [-0.39, 0.29) is 5.91 Å². The number of aliphatic carboxylic acids is 1. The molecule has 17 heavy (non-hydrogen) atoms. The van der Waals surface area contributed by atoms with Gasteiger partial charge in [-0.1, -0.05) is 0 Å². The molecule has 0 saturated heterocycles. The SMILES string of the molecule is O=C(O)C(F)(F)F.O=C1NCN=C2N=NC=C12. The predicted molar refractivity (Wildman–Crippen MR) is 47.1 cm³/mol. The van der Waals surface area contributed by atoms with Crippen LogP contribution in [-0.4, -0.2) is 35.7 Å². The van der Waals surface area contributed by atoms with E-state index in [1.807, 2.05) is 0 Å². The van der Waals surface area contributed by atoms with Crippen LogP contribution in [0.3, 0.4) is 0 Å². The maximum atomic E-state index is 10.9. The first-order valence-corrected chi connectivity index (χ1v) is 4.06. The summed E-state index contributed by atoms with van der Waals surface area (Å²) in [5.74, 6) is -2.45. The van der Waals surface area contributed by atoms with Gasteiger partial charge in [-0.3, -0.25) is 4.79 Å². The molecule has 0 spiro atoms. The van der Waals surface area contributed by atoms with Crippen molar-refractivity contribution in [1.82, 2.24) is 5.32 Å². The van der Waals surface area contributed by atoms with Crippen molar-refractivity contribution in [3.8, 4) is 0 Å². The number of alkyl halides is 3. The highest BCUT2D eigenvalue weighted by atomic mass is 19.4. The number of halogens is 3. The molecule has 2 aliphatic heterocycles. The number of hydrogen-bond acceptors (Lipinski definition) is 5. The number of carboxylic acids is 1. The molecule has 0 aromatic carbocycles. The summed E-state index contributed by atoms with van der Waals surface area (Å²) in [5, 5.41) is 16.8. The molecule has 0 aromatic heterocycles. The molecule has 2 heterocycles. The molecule has 92 valence electrons. The van der Waals surface area contributed by atoms with Crippen LogP contribution in [0.15, 0.2) is 27.0 Å². The number of aliphatic imine (C=N–C) groups is 1. The average molecular weight is 250 g/mol. The molecular formula is C7H5F3N4O3. The second-order valence-electron chi connectivity index (χ2n) is 2.71. The van der Waals surface area contributed by atoms with Gasteiger partial charge < -0.3 is 10.4 Å². The van der Waals surface area contributed by atoms with Crippen LogP contribution in [-0.2, 0) is 9.59 Å². The molecule has 0 fully saturated rings. The van der Waals surface area contributed by atoms with Crippen molar-refractivity contribution in [3.63, 3.8) is 0 Å². The number of carboxylic acid groups (broad SMARTS) is 1. The van der Waals surface area contributed by atoms with E-state index in [2.05, 4.69) is 20.5 Å². The van der Waals surface area contributed by atoms with Crippen molar-refractivity contribution in [2.45, 2.75) is 6.18 Å². The van der Waals surface area contributed by atoms with Gasteiger partial charge in [0.15, 0.2) is 5.84 Å². The van der Waals surface area contributed by atoms with Crippen molar-refractivity contribution in [3.05, 3.63) is 11.8 Å². The lowest BCUT2D eigenvalue weighted by Gasteiger charge is -2.07. The normalized spacial score (nSPS) is 17.2. The largest absolute Gasteiger partial charge is 0.490 e. The fourth-order valence-electron chi connectivity index (χ4n) is 0.811. The topological polar surface area (TPSA) is 103 Å². The Morgan fingerprint density at radius 2 is 2.06 bits per heavy atom. The Labute approximate surface area is 91.7 Å².